The Morgan fingerprint density at radius 2 is 2.31 bits per heavy atom. The first-order chi connectivity index (χ1) is 6.15. The molecule has 0 aliphatic carbocycles. The zero-order valence-electron chi connectivity index (χ0n) is 7.10. The van der Waals surface area contributed by atoms with E-state index in [2.05, 4.69) is 5.32 Å². The van der Waals surface area contributed by atoms with Crippen LogP contribution in [0.5, 0.6) is 0 Å². The molecule has 0 unspecified atom stereocenters. The first-order valence-corrected chi connectivity index (χ1v) is 4.26. The van der Waals surface area contributed by atoms with Gasteiger partial charge in [0.2, 0.25) is 0 Å². The summed E-state index contributed by atoms with van der Waals surface area (Å²) in [6, 6.07) is 3.96. The highest BCUT2D eigenvalue weighted by Gasteiger charge is 2.06. The van der Waals surface area contributed by atoms with Gasteiger partial charge in [0, 0.05) is 12.1 Å². The second-order valence-corrected chi connectivity index (χ2v) is 2.90. The highest BCUT2D eigenvalue weighted by molar-refractivity contribution is 6.30. The minimum atomic E-state index is -0.578. The van der Waals surface area contributed by atoms with E-state index >= 15 is 0 Å². The summed E-state index contributed by atoms with van der Waals surface area (Å²) in [4.78, 5) is 11.2. The first-order valence-electron chi connectivity index (χ1n) is 3.88. The molecule has 1 aromatic carbocycles. The summed E-state index contributed by atoms with van der Waals surface area (Å²) in [5, 5.41) is 2.58. The second kappa shape index (κ2) is 4.23. The van der Waals surface area contributed by atoms with Gasteiger partial charge in [0.1, 0.15) is 5.82 Å². The lowest BCUT2D eigenvalue weighted by Gasteiger charge is -2.02. The van der Waals surface area contributed by atoms with E-state index in [0.717, 1.165) is 6.07 Å². The Balaban J connectivity index is 2.90. The van der Waals surface area contributed by atoms with E-state index in [-0.39, 0.29) is 16.5 Å². The van der Waals surface area contributed by atoms with Crippen LogP contribution in [0.25, 0.3) is 0 Å². The van der Waals surface area contributed by atoms with Crippen molar-refractivity contribution < 1.29 is 9.18 Å². The van der Waals surface area contributed by atoms with Gasteiger partial charge in [0.15, 0.2) is 0 Å². The van der Waals surface area contributed by atoms with E-state index in [1.807, 2.05) is 0 Å². The molecule has 1 aromatic rings. The summed E-state index contributed by atoms with van der Waals surface area (Å²) in [5.41, 5.74) is 0.281. The molecule has 2 nitrogen and oxygen atoms in total. The van der Waals surface area contributed by atoms with Crippen molar-refractivity contribution in [3.05, 3.63) is 34.6 Å². The summed E-state index contributed by atoms with van der Waals surface area (Å²) in [6.07, 6.45) is 0. The van der Waals surface area contributed by atoms with Crippen LogP contribution in [0, 0.1) is 5.82 Å². The smallest absolute Gasteiger partial charge is 0.251 e. The van der Waals surface area contributed by atoms with Gasteiger partial charge in [-0.05, 0) is 25.1 Å². The van der Waals surface area contributed by atoms with E-state index in [1.165, 1.54) is 12.1 Å². The molecule has 1 rings (SSSR count). The predicted molar refractivity (Wildman–Crippen MR) is 49.4 cm³/mol. The van der Waals surface area contributed by atoms with Crippen molar-refractivity contribution in [2.24, 2.45) is 0 Å². The predicted octanol–water partition coefficient (Wildman–Crippen LogP) is 2.23. The summed E-state index contributed by atoms with van der Waals surface area (Å²) < 4.78 is 12.9. The van der Waals surface area contributed by atoms with Crippen LogP contribution in [0.2, 0.25) is 5.02 Å². The Morgan fingerprint density at radius 3 is 2.85 bits per heavy atom. The van der Waals surface area contributed by atoms with Gasteiger partial charge in [-0.25, -0.2) is 4.39 Å². The van der Waals surface area contributed by atoms with Crippen molar-refractivity contribution in [2.75, 3.05) is 6.54 Å². The lowest BCUT2D eigenvalue weighted by Crippen LogP contribution is -2.22. The Hall–Kier alpha value is -1.09. The molecule has 0 aliphatic heterocycles. The zero-order valence-corrected chi connectivity index (χ0v) is 7.86. The summed E-state index contributed by atoms with van der Waals surface area (Å²) in [6.45, 7) is 2.31. The number of halogens is 2. The minimum absolute atomic E-state index is 0.0213. The van der Waals surface area contributed by atoms with Gasteiger partial charge in [-0.1, -0.05) is 11.6 Å². The Bertz CT molecular complexity index is 327. The maximum absolute atomic E-state index is 12.9. The molecule has 0 spiro atoms. The zero-order chi connectivity index (χ0) is 9.84. The Morgan fingerprint density at radius 1 is 1.62 bits per heavy atom. The molecule has 0 aliphatic rings. The topological polar surface area (TPSA) is 29.1 Å². The maximum Gasteiger partial charge on any atom is 0.251 e. The fraction of sp³-hybridized carbons (Fsp3) is 0.222. The third-order valence-corrected chi connectivity index (χ3v) is 1.83. The maximum atomic E-state index is 12.9. The average molecular weight is 202 g/mol. The third-order valence-electron chi connectivity index (χ3n) is 1.52. The van der Waals surface area contributed by atoms with E-state index in [4.69, 9.17) is 11.6 Å². The van der Waals surface area contributed by atoms with Crippen molar-refractivity contribution >= 4 is 17.5 Å². The third kappa shape index (κ3) is 2.42. The molecule has 0 saturated heterocycles. The second-order valence-electron chi connectivity index (χ2n) is 2.49. The van der Waals surface area contributed by atoms with Crippen molar-refractivity contribution in [1.82, 2.24) is 5.32 Å². The molecule has 0 fully saturated rings. The summed E-state index contributed by atoms with van der Waals surface area (Å²) in [5.74, 6) is -0.872. The standard InChI is InChI=1S/C9H9ClFNO/c1-2-12-9(13)6-3-4-7(10)8(11)5-6/h3-5H,2H2,1H3,(H,12,13). The van der Waals surface area contributed by atoms with Crippen LogP contribution in [0.1, 0.15) is 17.3 Å². The molecular weight excluding hydrogens is 193 g/mol. The van der Waals surface area contributed by atoms with Crippen LogP contribution < -0.4 is 5.32 Å². The van der Waals surface area contributed by atoms with E-state index < -0.39 is 5.82 Å². The van der Waals surface area contributed by atoms with Crippen LogP contribution in [0.15, 0.2) is 18.2 Å². The largest absolute Gasteiger partial charge is 0.352 e. The number of rotatable bonds is 2. The molecule has 0 saturated carbocycles. The molecule has 13 heavy (non-hydrogen) atoms. The van der Waals surface area contributed by atoms with Crippen molar-refractivity contribution in [2.45, 2.75) is 6.92 Å². The summed E-state index contributed by atoms with van der Waals surface area (Å²) >= 11 is 5.46. The Kier molecular flexibility index (Phi) is 3.25. The van der Waals surface area contributed by atoms with Crippen molar-refractivity contribution in [1.29, 1.82) is 0 Å². The van der Waals surface area contributed by atoms with Gasteiger partial charge in [-0.15, -0.1) is 0 Å². The summed E-state index contributed by atoms with van der Waals surface area (Å²) in [7, 11) is 0. The molecule has 0 radical (unpaired) electrons. The van der Waals surface area contributed by atoms with Gasteiger partial charge in [0.25, 0.3) is 5.91 Å². The van der Waals surface area contributed by atoms with Crippen LogP contribution in [-0.4, -0.2) is 12.5 Å². The minimum Gasteiger partial charge on any atom is -0.352 e. The van der Waals surface area contributed by atoms with Crippen molar-refractivity contribution in [3.63, 3.8) is 0 Å². The molecule has 0 bridgehead atoms. The number of amides is 1. The normalized spacial score (nSPS) is 9.77. The highest BCUT2D eigenvalue weighted by atomic mass is 35.5. The average Bonchev–Trinajstić information content (AvgIpc) is 2.10. The fourth-order valence-electron chi connectivity index (χ4n) is 0.900. The van der Waals surface area contributed by atoms with E-state index in [9.17, 15) is 9.18 Å². The molecule has 0 heterocycles. The van der Waals surface area contributed by atoms with Crippen LogP contribution in [0.4, 0.5) is 4.39 Å². The quantitative estimate of drug-likeness (QED) is 0.781. The van der Waals surface area contributed by atoms with Gasteiger partial charge < -0.3 is 5.32 Å². The monoisotopic (exact) mass is 201 g/mol. The van der Waals surface area contributed by atoms with Gasteiger partial charge in [-0.2, -0.15) is 0 Å². The lowest BCUT2D eigenvalue weighted by atomic mass is 10.2. The number of hydrogen-bond acceptors (Lipinski definition) is 1. The molecule has 4 heteroatoms. The van der Waals surface area contributed by atoms with Crippen molar-refractivity contribution in [3.8, 4) is 0 Å². The van der Waals surface area contributed by atoms with Crippen LogP contribution in [0.3, 0.4) is 0 Å². The van der Waals surface area contributed by atoms with Crippen LogP contribution in [-0.2, 0) is 0 Å². The van der Waals surface area contributed by atoms with Gasteiger partial charge >= 0.3 is 0 Å². The highest BCUT2D eigenvalue weighted by Crippen LogP contribution is 2.15. The molecular formula is C9H9ClFNO. The molecule has 70 valence electrons. The number of carbonyl (C=O) groups excluding carboxylic acids is 1. The fourth-order valence-corrected chi connectivity index (χ4v) is 1.02. The SMILES string of the molecule is CCNC(=O)c1ccc(Cl)c(F)c1. The van der Waals surface area contributed by atoms with E-state index in [0.29, 0.717) is 6.54 Å². The van der Waals surface area contributed by atoms with Crippen LogP contribution >= 0.6 is 11.6 Å². The number of hydrogen-bond donors (Lipinski definition) is 1. The number of carbonyl (C=O) groups is 1. The number of nitrogens with one attached hydrogen (secondary N) is 1. The van der Waals surface area contributed by atoms with Gasteiger partial charge in [0.05, 0.1) is 5.02 Å². The lowest BCUT2D eigenvalue weighted by molar-refractivity contribution is 0.0955. The van der Waals surface area contributed by atoms with Gasteiger partial charge in [-0.3, -0.25) is 4.79 Å². The molecule has 1 amide bonds. The molecule has 0 aromatic heterocycles. The molecule has 1 N–H and O–H groups in total. The number of benzene rings is 1. The Labute approximate surface area is 80.7 Å². The molecule has 0 atom stereocenters. The van der Waals surface area contributed by atoms with E-state index in [1.54, 1.807) is 6.92 Å². The first kappa shape index (κ1) is 9.99.